The Morgan fingerprint density at radius 1 is 1.06 bits per heavy atom. The van der Waals surface area contributed by atoms with Gasteiger partial charge in [-0.15, -0.1) is 0 Å². The summed E-state index contributed by atoms with van der Waals surface area (Å²) in [5.41, 5.74) is 5.05. The normalized spacial score (nSPS) is 10.5. The van der Waals surface area contributed by atoms with Crippen LogP contribution in [0.3, 0.4) is 0 Å². The SMILES string of the molecule is Cc1cc(C)c(Cn2ccccc2=O)c(C)c1. The van der Waals surface area contributed by atoms with Crippen LogP contribution in [0.4, 0.5) is 0 Å². The fourth-order valence-corrected chi connectivity index (χ4v) is 2.22. The molecule has 0 saturated carbocycles. The maximum absolute atomic E-state index is 11.7. The van der Waals surface area contributed by atoms with Crippen molar-refractivity contribution in [1.82, 2.24) is 4.57 Å². The summed E-state index contributed by atoms with van der Waals surface area (Å²) >= 11 is 0. The van der Waals surface area contributed by atoms with Crippen LogP contribution in [0.1, 0.15) is 22.3 Å². The van der Waals surface area contributed by atoms with E-state index in [0.717, 1.165) is 0 Å². The van der Waals surface area contributed by atoms with Gasteiger partial charge in [-0.05, 0) is 43.5 Å². The van der Waals surface area contributed by atoms with Crippen molar-refractivity contribution in [3.63, 3.8) is 0 Å². The van der Waals surface area contributed by atoms with Crippen LogP contribution in [0.2, 0.25) is 0 Å². The molecule has 0 aliphatic rings. The van der Waals surface area contributed by atoms with Crippen LogP contribution in [-0.2, 0) is 6.54 Å². The number of hydrogen-bond donors (Lipinski definition) is 0. The van der Waals surface area contributed by atoms with Gasteiger partial charge < -0.3 is 4.57 Å². The van der Waals surface area contributed by atoms with E-state index in [0.29, 0.717) is 6.54 Å². The van der Waals surface area contributed by atoms with Gasteiger partial charge >= 0.3 is 0 Å². The zero-order chi connectivity index (χ0) is 12.4. The standard InChI is InChI=1S/C15H17NO/c1-11-8-12(2)14(13(3)9-11)10-16-7-5-4-6-15(16)17/h4-9H,10H2,1-3H3. The average molecular weight is 227 g/mol. The van der Waals surface area contributed by atoms with Crippen molar-refractivity contribution in [2.45, 2.75) is 27.3 Å². The highest BCUT2D eigenvalue weighted by atomic mass is 16.1. The number of benzene rings is 1. The van der Waals surface area contributed by atoms with Gasteiger partial charge in [-0.25, -0.2) is 0 Å². The van der Waals surface area contributed by atoms with Crippen molar-refractivity contribution >= 4 is 0 Å². The molecular formula is C15H17NO. The lowest BCUT2D eigenvalue weighted by atomic mass is 10.00. The van der Waals surface area contributed by atoms with Crippen LogP contribution in [-0.4, -0.2) is 4.57 Å². The van der Waals surface area contributed by atoms with Crippen molar-refractivity contribution in [1.29, 1.82) is 0 Å². The molecule has 2 nitrogen and oxygen atoms in total. The molecule has 1 aromatic heterocycles. The molecule has 0 aliphatic heterocycles. The molecule has 0 radical (unpaired) electrons. The van der Waals surface area contributed by atoms with E-state index in [9.17, 15) is 4.79 Å². The largest absolute Gasteiger partial charge is 0.311 e. The second-order valence-electron chi connectivity index (χ2n) is 4.54. The molecule has 0 N–H and O–H groups in total. The number of nitrogens with zero attached hydrogens (tertiary/aromatic N) is 1. The van der Waals surface area contributed by atoms with E-state index in [1.165, 1.54) is 22.3 Å². The quantitative estimate of drug-likeness (QED) is 0.773. The highest BCUT2D eigenvalue weighted by molar-refractivity contribution is 5.37. The summed E-state index contributed by atoms with van der Waals surface area (Å²) in [6.07, 6.45) is 1.83. The Morgan fingerprint density at radius 3 is 2.29 bits per heavy atom. The molecular weight excluding hydrogens is 210 g/mol. The first-order chi connectivity index (χ1) is 8.08. The minimum Gasteiger partial charge on any atom is -0.311 e. The summed E-state index contributed by atoms with van der Waals surface area (Å²) in [4.78, 5) is 11.7. The van der Waals surface area contributed by atoms with Crippen LogP contribution in [0.25, 0.3) is 0 Å². The fourth-order valence-electron chi connectivity index (χ4n) is 2.22. The number of pyridine rings is 1. The molecule has 2 aromatic rings. The predicted molar refractivity (Wildman–Crippen MR) is 70.5 cm³/mol. The number of hydrogen-bond acceptors (Lipinski definition) is 1. The van der Waals surface area contributed by atoms with E-state index in [4.69, 9.17) is 0 Å². The Bertz CT molecular complexity index is 573. The van der Waals surface area contributed by atoms with Gasteiger partial charge in [0.1, 0.15) is 0 Å². The van der Waals surface area contributed by atoms with Crippen LogP contribution in [0.5, 0.6) is 0 Å². The first kappa shape index (κ1) is 11.6. The molecule has 0 saturated heterocycles. The lowest BCUT2D eigenvalue weighted by Crippen LogP contribution is -2.19. The molecule has 1 heterocycles. The van der Waals surface area contributed by atoms with E-state index < -0.39 is 0 Å². The molecule has 88 valence electrons. The van der Waals surface area contributed by atoms with Gasteiger partial charge in [-0.1, -0.05) is 23.8 Å². The molecule has 0 atom stereocenters. The maximum atomic E-state index is 11.7. The molecule has 2 rings (SSSR count). The molecule has 0 unspecified atom stereocenters. The Labute approximate surface area is 102 Å². The third-order valence-corrected chi connectivity index (χ3v) is 3.07. The second kappa shape index (κ2) is 4.58. The number of aromatic nitrogens is 1. The lowest BCUT2D eigenvalue weighted by molar-refractivity contribution is 0.750. The van der Waals surface area contributed by atoms with Crippen molar-refractivity contribution in [3.8, 4) is 0 Å². The minimum absolute atomic E-state index is 0.0480. The van der Waals surface area contributed by atoms with Crippen molar-refractivity contribution in [2.75, 3.05) is 0 Å². The van der Waals surface area contributed by atoms with E-state index >= 15 is 0 Å². The van der Waals surface area contributed by atoms with Gasteiger partial charge in [-0.3, -0.25) is 4.79 Å². The summed E-state index contributed by atoms with van der Waals surface area (Å²) in [5.74, 6) is 0. The average Bonchev–Trinajstić information content (AvgIpc) is 2.25. The highest BCUT2D eigenvalue weighted by Gasteiger charge is 2.05. The van der Waals surface area contributed by atoms with Gasteiger partial charge in [0.15, 0.2) is 0 Å². The molecule has 1 aromatic carbocycles. The third kappa shape index (κ3) is 2.47. The number of rotatable bonds is 2. The van der Waals surface area contributed by atoms with E-state index in [-0.39, 0.29) is 5.56 Å². The summed E-state index contributed by atoms with van der Waals surface area (Å²) < 4.78 is 1.74. The summed E-state index contributed by atoms with van der Waals surface area (Å²) in [6, 6.07) is 9.58. The highest BCUT2D eigenvalue weighted by Crippen LogP contribution is 2.16. The Hall–Kier alpha value is -1.83. The molecule has 2 heteroatoms. The van der Waals surface area contributed by atoms with Crippen LogP contribution < -0.4 is 5.56 Å². The van der Waals surface area contributed by atoms with Crippen molar-refractivity contribution in [3.05, 3.63) is 69.1 Å². The van der Waals surface area contributed by atoms with Crippen LogP contribution >= 0.6 is 0 Å². The fraction of sp³-hybridized carbons (Fsp3) is 0.267. The molecule has 0 spiro atoms. The van der Waals surface area contributed by atoms with Gasteiger partial charge in [0.2, 0.25) is 0 Å². The van der Waals surface area contributed by atoms with Gasteiger partial charge in [0.25, 0.3) is 5.56 Å². The van der Waals surface area contributed by atoms with E-state index in [2.05, 4.69) is 32.9 Å². The lowest BCUT2D eigenvalue weighted by Gasteiger charge is -2.12. The van der Waals surface area contributed by atoms with Crippen molar-refractivity contribution in [2.24, 2.45) is 0 Å². The first-order valence-corrected chi connectivity index (χ1v) is 5.80. The Kier molecular flexibility index (Phi) is 3.14. The van der Waals surface area contributed by atoms with Gasteiger partial charge in [-0.2, -0.15) is 0 Å². The Morgan fingerprint density at radius 2 is 1.71 bits per heavy atom. The molecule has 0 amide bonds. The van der Waals surface area contributed by atoms with Crippen molar-refractivity contribution < 1.29 is 0 Å². The number of aryl methyl sites for hydroxylation is 3. The minimum atomic E-state index is 0.0480. The summed E-state index contributed by atoms with van der Waals surface area (Å²) in [6.45, 7) is 6.95. The monoisotopic (exact) mass is 227 g/mol. The topological polar surface area (TPSA) is 22.0 Å². The molecule has 0 bridgehead atoms. The summed E-state index contributed by atoms with van der Waals surface area (Å²) in [5, 5.41) is 0. The maximum Gasteiger partial charge on any atom is 0.250 e. The van der Waals surface area contributed by atoms with Crippen LogP contribution in [0, 0.1) is 20.8 Å². The zero-order valence-corrected chi connectivity index (χ0v) is 10.5. The molecule has 0 aliphatic carbocycles. The van der Waals surface area contributed by atoms with Gasteiger partial charge in [0, 0.05) is 12.3 Å². The molecule has 17 heavy (non-hydrogen) atoms. The van der Waals surface area contributed by atoms with Crippen LogP contribution in [0.15, 0.2) is 41.3 Å². The van der Waals surface area contributed by atoms with Gasteiger partial charge in [0.05, 0.1) is 6.54 Å². The predicted octanol–water partition coefficient (Wildman–Crippen LogP) is 2.82. The molecule has 0 fully saturated rings. The Balaban J connectivity index is 2.44. The third-order valence-electron chi connectivity index (χ3n) is 3.07. The van der Waals surface area contributed by atoms with E-state index in [1.807, 2.05) is 12.3 Å². The first-order valence-electron chi connectivity index (χ1n) is 5.80. The summed E-state index contributed by atoms with van der Waals surface area (Å²) in [7, 11) is 0. The zero-order valence-electron chi connectivity index (χ0n) is 10.5. The van der Waals surface area contributed by atoms with E-state index in [1.54, 1.807) is 16.7 Å². The second-order valence-corrected chi connectivity index (χ2v) is 4.54. The smallest absolute Gasteiger partial charge is 0.250 e.